The fraction of sp³-hybridized carbons (Fsp3) is 0.333. The predicted octanol–water partition coefficient (Wildman–Crippen LogP) is 4.03. The highest BCUT2D eigenvalue weighted by Gasteiger charge is 2.18. The lowest BCUT2D eigenvalue weighted by molar-refractivity contribution is 0.0377. The molecule has 2 aliphatic heterocycles. The second-order valence-corrected chi connectivity index (χ2v) is 6.41. The average molecular weight is 320 g/mol. The fourth-order valence-corrected chi connectivity index (χ4v) is 3.58. The third kappa shape index (κ3) is 3.23. The number of rotatable bonds is 4. The summed E-state index contributed by atoms with van der Waals surface area (Å²) in [5.41, 5.74) is 5.20. The first-order chi connectivity index (χ1) is 11.9. The van der Waals surface area contributed by atoms with E-state index in [0.717, 1.165) is 45.8 Å². The first kappa shape index (κ1) is 15.4. The maximum atomic E-state index is 5.45. The molecular weight excluding hydrogens is 296 g/mol. The molecule has 0 aromatic heterocycles. The van der Waals surface area contributed by atoms with Crippen molar-refractivity contribution >= 4 is 23.5 Å². The minimum Gasteiger partial charge on any atom is -0.379 e. The van der Waals surface area contributed by atoms with E-state index in [0.29, 0.717) is 0 Å². The second kappa shape index (κ2) is 7.20. The summed E-state index contributed by atoms with van der Waals surface area (Å²) < 4.78 is 5.45. The first-order valence-electron chi connectivity index (χ1n) is 8.85. The maximum Gasteiger partial charge on any atom is 0.0594 e. The average Bonchev–Trinajstić information content (AvgIpc) is 2.80. The number of nitrogens with zero attached hydrogens (tertiary/aromatic N) is 2. The summed E-state index contributed by atoms with van der Waals surface area (Å²) in [6.45, 7) is 6.05. The highest BCUT2D eigenvalue weighted by atomic mass is 16.5. The normalized spacial score (nSPS) is 17.2. The summed E-state index contributed by atoms with van der Waals surface area (Å²) >= 11 is 0. The molecular formula is C21H24N2O. The lowest BCUT2D eigenvalue weighted by Gasteiger charge is -2.30. The molecule has 0 radical (unpaired) electrons. The summed E-state index contributed by atoms with van der Waals surface area (Å²) in [6.07, 6.45) is 5.62. The van der Waals surface area contributed by atoms with Gasteiger partial charge in [0, 0.05) is 37.6 Å². The van der Waals surface area contributed by atoms with E-state index in [4.69, 9.17) is 4.74 Å². The van der Waals surface area contributed by atoms with Crippen molar-refractivity contribution in [2.75, 3.05) is 44.3 Å². The molecule has 1 saturated heterocycles. The van der Waals surface area contributed by atoms with E-state index in [2.05, 4.69) is 70.5 Å². The van der Waals surface area contributed by atoms with E-state index in [1.807, 2.05) is 0 Å². The van der Waals surface area contributed by atoms with Gasteiger partial charge < -0.3 is 9.64 Å². The monoisotopic (exact) mass is 320 g/mol. The van der Waals surface area contributed by atoms with Crippen molar-refractivity contribution < 1.29 is 4.74 Å². The number of para-hydroxylation sites is 2. The van der Waals surface area contributed by atoms with Gasteiger partial charge in [-0.2, -0.15) is 0 Å². The van der Waals surface area contributed by atoms with Gasteiger partial charge in [0.2, 0.25) is 0 Å². The summed E-state index contributed by atoms with van der Waals surface area (Å²) in [5, 5.41) is 0. The molecule has 0 aliphatic carbocycles. The maximum absolute atomic E-state index is 5.45. The molecule has 2 aromatic carbocycles. The molecule has 2 heterocycles. The third-order valence-corrected chi connectivity index (χ3v) is 4.86. The van der Waals surface area contributed by atoms with Crippen LogP contribution in [0, 0.1) is 0 Å². The van der Waals surface area contributed by atoms with Gasteiger partial charge in [-0.3, -0.25) is 4.90 Å². The van der Waals surface area contributed by atoms with Gasteiger partial charge in [-0.1, -0.05) is 48.6 Å². The SMILES string of the molecule is C1=Cc2ccccc2N(CCCN2CCOCC2)c2ccccc21. The number of morpholine rings is 1. The summed E-state index contributed by atoms with van der Waals surface area (Å²) in [4.78, 5) is 4.99. The van der Waals surface area contributed by atoms with E-state index < -0.39 is 0 Å². The van der Waals surface area contributed by atoms with Crippen molar-refractivity contribution in [1.82, 2.24) is 4.90 Å². The standard InChI is InChI=1S/C21H24N2O/c1-3-8-20-18(6-1)10-11-19-7-2-4-9-21(19)23(20)13-5-12-22-14-16-24-17-15-22/h1-4,6-11H,5,12-17H2. The molecule has 0 bridgehead atoms. The van der Waals surface area contributed by atoms with Crippen LogP contribution in [-0.4, -0.2) is 44.3 Å². The Kier molecular flexibility index (Phi) is 4.63. The Morgan fingerprint density at radius 1 is 0.750 bits per heavy atom. The van der Waals surface area contributed by atoms with E-state index in [1.165, 1.54) is 22.5 Å². The van der Waals surface area contributed by atoms with Gasteiger partial charge in [0.15, 0.2) is 0 Å². The molecule has 0 spiro atoms. The molecule has 0 N–H and O–H groups in total. The molecule has 2 aromatic rings. The van der Waals surface area contributed by atoms with Crippen LogP contribution >= 0.6 is 0 Å². The molecule has 24 heavy (non-hydrogen) atoms. The van der Waals surface area contributed by atoms with E-state index in [1.54, 1.807) is 0 Å². The summed E-state index contributed by atoms with van der Waals surface area (Å²) in [6, 6.07) is 17.4. The zero-order chi connectivity index (χ0) is 16.2. The molecule has 0 atom stereocenters. The number of benzene rings is 2. The number of hydrogen-bond acceptors (Lipinski definition) is 3. The number of hydrogen-bond donors (Lipinski definition) is 0. The van der Waals surface area contributed by atoms with Crippen LogP contribution in [0.25, 0.3) is 12.2 Å². The summed E-state index contributed by atoms with van der Waals surface area (Å²) in [7, 11) is 0. The van der Waals surface area contributed by atoms with Gasteiger partial charge in [-0.05, 0) is 29.7 Å². The molecule has 0 amide bonds. The van der Waals surface area contributed by atoms with Gasteiger partial charge in [0.25, 0.3) is 0 Å². The van der Waals surface area contributed by atoms with Crippen LogP contribution in [0.4, 0.5) is 11.4 Å². The van der Waals surface area contributed by atoms with Crippen LogP contribution in [-0.2, 0) is 4.74 Å². The molecule has 1 fully saturated rings. The number of anilines is 2. The van der Waals surface area contributed by atoms with Crippen LogP contribution in [0.15, 0.2) is 48.5 Å². The largest absolute Gasteiger partial charge is 0.379 e. The zero-order valence-electron chi connectivity index (χ0n) is 14.0. The van der Waals surface area contributed by atoms with Crippen LogP contribution in [0.2, 0.25) is 0 Å². The Hall–Kier alpha value is -2.10. The summed E-state index contributed by atoms with van der Waals surface area (Å²) in [5.74, 6) is 0. The van der Waals surface area contributed by atoms with Crippen molar-refractivity contribution in [2.24, 2.45) is 0 Å². The van der Waals surface area contributed by atoms with Crippen LogP contribution in [0.5, 0.6) is 0 Å². The van der Waals surface area contributed by atoms with Crippen LogP contribution in [0.1, 0.15) is 17.5 Å². The minimum atomic E-state index is 0.874. The third-order valence-electron chi connectivity index (χ3n) is 4.86. The molecule has 3 nitrogen and oxygen atoms in total. The number of ether oxygens (including phenoxy) is 1. The topological polar surface area (TPSA) is 15.7 Å². The minimum absolute atomic E-state index is 0.874. The predicted molar refractivity (Wildman–Crippen MR) is 101 cm³/mol. The Labute approximate surface area is 144 Å². The van der Waals surface area contributed by atoms with E-state index in [-0.39, 0.29) is 0 Å². The second-order valence-electron chi connectivity index (χ2n) is 6.41. The quantitative estimate of drug-likeness (QED) is 0.846. The molecule has 0 unspecified atom stereocenters. The van der Waals surface area contributed by atoms with Crippen molar-refractivity contribution in [3.05, 3.63) is 59.7 Å². The lowest BCUT2D eigenvalue weighted by atomic mass is 10.1. The molecule has 3 heteroatoms. The Morgan fingerprint density at radius 3 is 1.96 bits per heavy atom. The van der Waals surface area contributed by atoms with E-state index in [9.17, 15) is 0 Å². The Bertz CT molecular complexity index is 670. The molecule has 0 saturated carbocycles. The van der Waals surface area contributed by atoms with Gasteiger partial charge in [0.05, 0.1) is 13.2 Å². The Balaban J connectivity index is 1.55. The van der Waals surface area contributed by atoms with Crippen molar-refractivity contribution in [2.45, 2.75) is 6.42 Å². The Morgan fingerprint density at radius 2 is 1.33 bits per heavy atom. The molecule has 4 rings (SSSR count). The van der Waals surface area contributed by atoms with Gasteiger partial charge >= 0.3 is 0 Å². The van der Waals surface area contributed by atoms with Gasteiger partial charge in [-0.15, -0.1) is 0 Å². The van der Waals surface area contributed by atoms with Crippen molar-refractivity contribution in [1.29, 1.82) is 0 Å². The van der Waals surface area contributed by atoms with Gasteiger partial charge in [0.1, 0.15) is 0 Å². The first-order valence-corrected chi connectivity index (χ1v) is 8.85. The zero-order valence-corrected chi connectivity index (χ0v) is 14.0. The van der Waals surface area contributed by atoms with Gasteiger partial charge in [-0.25, -0.2) is 0 Å². The van der Waals surface area contributed by atoms with Crippen molar-refractivity contribution in [3.63, 3.8) is 0 Å². The van der Waals surface area contributed by atoms with Crippen LogP contribution < -0.4 is 4.90 Å². The van der Waals surface area contributed by atoms with Crippen LogP contribution in [0.3, 0.4) is 0 Å². The molecule has 124 valence electrons. The number of fused-ring (bicyclic) bond motifs is 2. The smallest absolute Gasteiger partial charge is 0.0594 e. The highest BCUT2D eigenvalue weighted by Crippen LogP contribution is 2.36. The van der Waals surface area contributed by atoms with Crippen molar-refractivity contribution in [3.8, 4) is 0 Å². The lowest BCUT2D eigenvalue weighted by Crippen LogP contribution is -2.37. The molecule has 2 aliphatic rings. The fourth-order valence-electron chi connectivity index (χ4n) is 3.58. The highest BCUT2D eigenvalue weighted by molar-refractivity contribution is 5.88. The van der Waals surface area contributed by atoms with E-state index >= 15 is 0 Å².